The van der Waals surface area contributed by atoms with Crippen molar-refractivity contribution in [3.63, 3.8) is 0 Å². The molecule has 7 nitrogen and oxygen atoms in total. The Kier molecular flexibility index (Phi) is 4.76. The van der Waals surface area contributed by atoms with Gasteiger partial charge in [0.25, 0.3) is 5.91 Å². The van der Waals surface area contributed by atoms with Crippen LogP contribution in [-0.4, -0.2) is 72.4 Å². The maximum Gasteiger partial charge on any atom is 0.267 e. The lowest BCUT2D eigenvalue weighted by molar-refractivity contribution is -0.131. The highest BCUT2D eigenvalue weighted by molar-refractivity contribution is 5.91. The first-order chi connectivity index (χ1) is 11.1. The van der Waals surface area contributed by atoms with Crippen molar-refractivity contribution in [1.29, 1.82) is 0 Å². The van der Waals surface area contributed by atoms with Gasteiger partial charge in [0.15, 0.2) is 0 Å². The van der Waals surface area contributed by atoms with Crippen LogP contribution in [0.15, 0.2) is 18.3 Å². The van der Waals surface area contributed by atoms with Crippen LogP contribution >= 0.6 is 0 Å². The number of hydrogen-bond acceptors (Lipinski definition) is 5. The Morgan fingerprint density at radius 2 is 1.78 bits per heavy atom. The second-order valence-electron chi connectivity index (χ2n) is 6.11. The molecule has 1 aromatic rings. The number of primary amides is 1. The zero-order valence-electron chi connectivity index (χ0n) is 13.3. The summed E-state index contributed by atoms with van der Waals surface area (Å²) in [5.74, 6) is -0.266. The summed E-state index contributed by atoms with van der Waals surface area (Å²) >= 11 is 0. The number of anilines is 1. The van der Waals surface area contributed by atoms with Crippen LogP contribution in [0.25, 0.3) is 0 Å². The summed E-state index contributed by atoms with van der Waals surface area (Å²) in [5, 5.41) is 0. The number of carbonyl (C=O) groups excluding carboxylic acids is 2. The molecule has 0 aromatic carbocycles. The van der Waals surface area contributed by atoms with Crippen molar-refractivity contribution < 1.29 is 9.59 Å². The van der Waals surface area contributed by atoms with E-state index in [1.54, 1.807) is 12.3 Å². The van der Waals surface area contributed by atoms with Gasteiger partial charge >= 0.3 is 0 Å². The summed E-state index contributed by atoms with van der Waals surface area (Å²) < 4.78 is 0. The molecule has 3 heterocycles. The predicted octanol–water partition coefficient (Wildman–Crippen LogP) is -0.0751. The lowest BCUT2D eigenvalue weighted by Crippen LogP contribution is -2.49. The summed E-state index contributed by atoms with van der Waals surface area (Å²) in [6.45, 7) is 5.67. The van der Waals surface area contributed by atoms with Crippen molar-refractivity contribution in [3.05, 3.63) is 24.0 Å². The highest BCUT2D eigenvalue weighted by Crippen LogP contribution is 2.17. The molecule has 0 bridgehead atoms. The summed E-state index contributed by atoms with van der Waals surface area (Å²) in [6.07, 6.45) is 3.87. The average molecular weight is 317 g/mol. The van der Waals surface area contributed by atoms with E-state index in [2.05, 4.69) is 14.8 Å². The zero-order chi connectivity index (χ0) is 16.2. The standard InChI is InChI=1S/C16H23N5O2/c17-16(23)14-11-13(3-4-18-14)20-9-7-19(8-10-20)12-15(22)21-5-1-2-6-21/h3-4,11H,1-2,5-10,12H2,(H2,17,23). The maximum absolute atomic E-state index is 12.2. The van der Waals surface area contributed by atoms with Crippen LogP contribution in [0.1, 0.15) is 23.3 Å². The normalized spacial score (nSPS) is 19.1. The number of likely N-dealkylation sites (tertiary alicyclic amines) is 1. The van der Waals surface area contributed by atoms with Crippen LogP contribution in [0.4, 0.5) is 5.69 Å². The molecule has 0 atom stereocenters. The fourth-order valence-electron chi connectivity index (χ4n) is 3.17. The molecule has 2 saturated heterocycles. The van der Waals surface area contributed by atoms with Gasteiger partial charge in [-0.3, -0.25) is 19.5 Å². The Morgan fingerprint density at radius 1 is 1.09 bits per heavy atom. The molecule has 0 aliphatic carbocycles. The van der Waals surface area contributed by atoms with Crippen molar-refractivity contribution in [1.82, 2.24) is 14.8 Å². The van der Waals surface area contributed by atoms with E-state index in [0.29, 0.717) is 6.54 Å². The van der Waals surface area contributed by atoms with Crippen LogP contribution in [0.3, 0.4) is 0 Å². The molecule has 3 rings (SSSR count). The number of carbonyl (C=O) groups is 2. The first kappa shape index (κ1) is 15.7. The molecule has 1 aromatic heterocycles. The molecule has 23 heavy (non-hydrogen) atoms. The minimum Gasteiger partial charge on any atom is -0.369 e. The summed E-state index contributed by atoms with van der Waals surface area (Å²) in [5.41, 5.74) is 6.52. The van der Waals surface area contributed by atoms with Crippen molar-refractivity contribution in [2.24, 2.45) is 5.73 Å². The van der Waals surface area contributed by atoms with Crippen molar-refractivity contribution in [2.45, 2.75) is 12.8 Å². The smallest absolute Gasteiger partial charge is 0.267 e. The Balaban J connectivity index is 1.53. The first-order valence-electron chi connectivity index (χ1n) is 8.14. The van der Waals surface area contributed by atoms with Crippen molar-refractivity contribution in [3.8, 4) is 0 Å². The van der Waals surface area contributed by atoms with E-state index >= 15 is 0 Å². The third kappa shape index (κ3) is 3.79. The van der Waals surface area contributed by atoms with Gasteiger partial charge in [-0.2, -0.15) is 0 Å². The molecule has 2 N–H and O–H groups in total. The fourth-order valence-corrected chi connectivity index (χ4v) is 3.17. The van der Waals surface area contributed by atoms with Gasteiger partial charge in [-0.15, -0.1) is 0 Å². The lowest BCUT2D eigenvalue weighted by Gasteiger charge is -2.36. The molecule has 0 spiro atoms. The number of nitrogens with two attached hydrogens (primary N) is 1. The predicted molar refractivity (Wildman–Crippen MR) is 87.2 cm³/mol. The Bertz CT molecular complexity index is 578. The molecule has 2 aliphatic rings. The molecule has 0 radical (unpaired) electrons. The average Bonchev–Trinajstić information content (AvgIpc) is 3.10. The summed E-state index contributed by atoms with van der Waals surface area (Å²) in [7, 11) is 0. The number of aromatic nitrogens is 1. The fraction of sp³-hybridized carbons (Fsp3) is 0.562. The molecular weight excluding hydrogens is 294 g/mol. The molecule has 7 heteroatoms. The molecule has 2 aliphatic heterocycles. The first-order valence-corrected chi connectivity index (χ1v) is 8.14. The number of piperazine rings is 1. The van der Waals surface area contributed by atoms with Crippen LogP contribution in [-0.2, 0) is 4.79 Å². The second-order valence-corrected chi connectivity index (χ2v) is 6.11. The van der Waals surface area contributed by atoms with Crippen LogP contribution < -0.4 is 10.6 Å². The Morgan fingerprint density at radius 3 is 2.43 bits per heavy atom. The molecule has 0 saturated carbocycles. The van der Waals surface area contributed by atoms with Gasteiger partial charge < -0.3 is 15.5 Å². The summed E-state index contributed by atoms with van der Waals surface area (Å²) in [6, 6.07) is 3.62. The minimum atomic E-state index is -0.512. The van der Waals surface area contributed by atoms with E-state index in [9.17, 15) is 9.59 Å². The van der Waals surface area contributed by atoms with Crippen LogP contribution in [0.2, 0.25) is 0 Å². The molecule has 2 fully saturated rings. The maximum atomic E-state index is 12.2. The third-order valence-electron chi connectivity index (χ3n) is 4.55. The van der Waals surface area contributed by atoms with Gasteiger partial charge in [-0.05, 0) is 25.0 Å². The van der Waals surface area contributed by atoms with Crippen molar-refractivity contribution >= 4 is 17.5 Å². The number of hydrogen-bond donors (Lipinski definition) is 1. The molecule has 2 amide bonds. The van der Waals surface area contributed by atoms with Gasteiger partial charge in [0, 0.05) is 51.2 Å². The molecule has 124 valence electrons. The SMILES string of the molecule is NC(=O)c1cc(N2CCN(CC(=O)N3CCCC3)CC2)ccn1. The monoisotopic (exact) mass is 317 g/mol. The van der Waals surface area contributed by atoms with Crippen LogP contribution in [0.5, 0.6) is 0 Å². The Labute approximate surface area is 136 Å². The quantitative estimate of drug-likeness (QED) is 0.840. The van der Waals surface area contributed by atoms with Crippen molar-refractivity contribution in [2.75, 3.05) is 50.7 Å². The van der Waals surface area contributed by atoms with Crippen LogP contribution in [0, 0.1) is 0 Å². The van der Waals surface area contributed by atoms with E-state index in [-0.39, 0.29) is 11.6 Å². The number of amides is 2. The van der Waals surface area contributed by atoms with Gasteiger partial charge in [-0.25, -0.2) is 0 Å². The van der Waals surface area contributed by atoms with Gasteiger partial charge in [0.2, 0.25) is 5.91 Å². The van der Waals surface area contributed by atoms with Gasteiger partial charge in [0.05, 0.1) is 6.54 Å². The van der Waals surface area contributed by atoms with E-state index in [0.717, 1.165) is 57.8 Å². The lowest BCUT2D eigenvalue weighted by atomic mass is 10.2. The molecule has 0 unspecified atom stereocenters. The number of pyridine rings is 1. The van der Waals surface area contributed by atoms with Gasteiger partial charge in [-0.1, -0.05) is 0 Å². The van der Waals surface area contributed by atoms with E-state index in [1.807, 2.05) is 11.0 Å². The van der Waals surface area contributed by atoms with E-state index in [1.165, 1.54) is 0 Å². The number of rotatable bonds is 4. The van der Waals surface area contributed by atoms with E-state index < -0.39 is 5.91 Å². The number of nitrogens with zero attached hydrogens (tertiary/aromatic N) is 4. The van der Waals surface area contributed by atoms with Gasteiger partial charge in [0.1, 0.15) is 5.69 Å². The van der Waals surface area contributed by atoms with E-state index in [4.69, 9.17) is 5.73 Å². The zero-order valence-corrected chi connectivity index (χ0v) is 13.3. The third-order valence-corrected chi connectivity index (χ3v) is 4.55. The Hall–Kier alpha value is -2.15. The topological polar surface area (TPSA) is 82.8 Å². The molecular formula is C16H23N5O2. The highest BCUT2D eigenvalue weighted by Gasteiger charge is 2.23. The minimum absolute atomic E-state index is 0.246. The largest absolute Gasteiger partial charge is 0.369 e. The highest BCUT2D eigenvalue weighted by atomic mass is 16.2. The summed E-state index contributed by atoms with van der Waals surface area (Å²) in [4.78, 5) is 33.8. The second kappa shape index (κ2) is 6.95.